The molecule has 1 aromatic heterocycles. The fourth-order valence-corrected chi connectivity index (χ4v) is 2.19. The number of rotatable bonds is 6. The Kier molecular flexibility index (Phi) is 5.22. The van der Waals surface area contributed by atoms with E-state index in [-0.39, 0.29) is 6.04 Å². The molecule has 2 N–H and O–H groups in total. The van der Waals surface area contributed by atoms with E-state index in [1.807, 2.05) is 0 Å². The molecule has 1 atom stereocenters. The van der Waals surface area contributed by atoms with E-state index in [0.717, 1.165) is 30.2 Å². The van der Waals surface area contributed by atoms with Crippen molar-refractivity contribution < 1.29 is 4.74 Å². The number of methoxy groups -OCH3 is 1. The van der Waals surface area contributed by atoms with Crippen LogP contribution in [0.3, 0.4) is 0 Å². The van der Waals surface area contributed by atoms with Gasteiger partial charge < -0.3 is 10.5 Å². The number of aromatic nitrogens is 1. The molecule has 86 valence electrons. The first-order valence-corrected chi connectivity index (χ1v) is 6.22. The number of nitrogens with zero attached hydrogens (tertiary/aromatic N) is 1. The van der Waals surface area contributed by atoms with Crippen molar-refractivity contribution in [3.05, 3.63) is 16.1 Å². The average molecular weight is 228 g/mol. The van der Waals surface area contributed by atoms with Crippen LogP contribution in [-0.4, -0.2) is 18.7 Å². The summed E-state index contributed by atoms with van der Waals surface area (Å²) in [5, 5.41) is 3.24. The van der Waals surface area contributed by atoms with Crippen LogP contribution in [-0.2, 0) is 11.2 Å². The molecule has 1 aromatic rings. The van der Waals surface area contributed by atoms with Crippen LogP contribution >= 0.6 is 11.3 Å². The lowest BCUT2D eigenvalue weighted by atomic mass is 10.0. The predicted octanol–water partition coefficient (Wildman–Crippen LogP) is 2.38. The van der Waals surface area contributed by atoms with Crippen molar-refractivity contribution in [2.75, 3.05) is 13.7 Å². The smallest absolute Gasteiger partial charge is 0.0929 e. The lowest BCUT2D eigenvalue weighted by Crippen LogP contribution is -2.17. The van der Waals surface area contributed by atoms with Gasteiger partial charge in [0, 0.05) is 25.5 Å². The van der Waals surface area contributed by atoms with Crippen molar-refractivity contribution in [1.82, 2.24) is 4.98 Å². The van der Waals surface area contributed by atoms with E-state index in [4.69, 9.17) is 10.5 Å². The summed E-state index contributed by atoms with van der Waals surface area (Å²) < 4.78 is 5.01. The van der Waals surface area contributed by atoms with E-state index in [1.54, 1.807) is 18.4 Å². The highest BCUT2D eigenvalue weighted by atomic mass is 32.1. The number of ether oxygens (including phenoxy) is 1. The third-order valence-corrected chi connectivity index (χ3v) is 3.30. The zero-order valence-electron chi connectivity index (χ0n) is 9.69. The highest BCUT2D eigenvalue weighted by Crippen LogP contribution is 2.21. The monoisotopic (exact) mass is 228 g/mol. The Hall–Kier alpha value is -0.450. The van der Waals surface area contributed by atoms with Crippen molar-refractivity contribution in [2.24, 2.45) is 11.7 Å². The van der Waals surface area contributed by atoms with Gasteiger partial charge in [-0.05, 0) is 12.3 Å². The maximum atomic E-state index is 6.03. The summed E-state index contributed by atoms with van der Waals surface area (Å²) in [7, 11) is 1.72. The van der Waals surface area contributed by atoms with Crippen LogP contribution < -0.4 is 5.73 Å². The van der Waals surface area contributed by atoms with Crippen LogP contribution in [0, 0.1) is 5.92 Å². The number of thiazole rings is 1. The van der Waals surface area contributed by atoms with Crippen molar-refractivity contribution in [3.8, 4) is 0 Å². The molecule has 0 spiro atoms. The summed E-state index contributed by atoms with van der Waals surface area (Å²) in [6, 6.07) is 0.0671. The number of hydrogen-bond acceptors (Lipinski definition) is 4. The van der Waals surface area contributed by atoms with E-state index >= 15 is 0 Å². The van der Waals surface area contributed by atoms with Crippen molar-refractivity contribution >= 4 is 11.3 Å². The molecule has 0 radical (unpaired) electrons. The Morgan fingerprint density at radius 3 is 2.87 bits per heavy atom. The molecule has 15 heavy (non-hydrogen) atoms. The molecule has 0 fully saturated rings. The average Bonchev–Trinajstić information content (AvgIpc) is 2.65. The van der Waals surface area contributed by atoms with E-state index in [0.29, 0.717) is 5.92 Å². The van der Waals surface area contributed by atoms with Gasteiger partial charge in [0.1, 0.15) is 0 Å². The first-order valence-electron chi connectivity index (χ1n) is 5.34. The summed E-state index contributed by atoms with van der Waals surface area (Å²) in [5.41, 5.74) is 7.06. The molecule has 3 nitrogen and oxygen atoms in total. The fraction of sp³-hybridized carbons (Fsp3) is 0.727. The Morgan fingerprint density at radius 1 is 1.53 bits per heavy atom. The van der Waals surface area contributed by atoms with Crippen LogP contribution in [0.4, 0.5) is 0 Å². The Balaban J connectivity index is 2.48. The van der Waals surface area contributed by atoms with Gasteiger partial charge in [-0.15, -0.1) is 11.3 Å². The third kappa shape index (κ3) is 3.89. The SMILES string of the molecule is COCCCc1nc(C(N)C(C)C)cs1. The van der Waals surface area contributed by atoms with Gasteiger partial charge in [-0.3, -0.25) is 0 Å². The second-order valence-corrected chi connectivity index (χ2v) is 4.97. The normalized spacial score (nSPS) is 13.4. The molecule has 0 bridgehead atoms. The largest absolute Gasteiger partial charge is 0.385 e. The lowest BCUT2D eigenvalue weighted by molar-refractivity contribution is 0.195. The highest BCUT2D eigenvalue weighted by molar-refractivity contribution is 7.09. The molecule has 0 amide bonds. The topological polar surface area (TPSA) is 48.1 Å². The molecule has 0 aromatic carbocycles. The predicted molar refractivity (Wildman–Crippen MR) is 64.1 cm³/mol. The van der Waals surface area contributed by atoms with Gasteiger partial charge in [0.25, 0.3) is 0 Å². The molecular formula is C11H20N2OS. The number of hydrogen-bond donors (Lipinski definition) is 1. The van der Waals surface area contributed by atoms with Gasteiger partial charge in [-0.2, -0.15) is 0 Å². The molecular weight excluding hydrogens is 208 g/mol. The van der Waals surface area contributed by atoms with E-state index in [9.17, 15) is 0 Å². The summed E-state index contributed by atoms with van der Waals surface area (Å²) >= 11 is 1.70. The van der Waals surface area contributed by atoms with Gasteiger partial charge in [0.15, 0.2) is 0 Å². The quantitative estimate of drug-likeness (QED) is 0.760. The standard InChI is InChI=1S/C11H20N2OS/c1-8(2)11(12)9-7-15-10(13-9)5-4-6-14-3/h7-8,11H,4-6,12H2,1-3H3. The number of nitrogens with two attached hydrogens (primary N) is 1. The summed E-state index contributed by atoms with van der Waals surface area (Å²) in [6.45, 7) is 5.04. The summed E-state index contributed by atoms with van der Waals surface area (Å²) in [4.78, 5) is 4.54. The summed E-state index contributed by atoms with van der Waals surface area (Å²) in [6.07, 6.45) is 2.02. The van der Waals surface area contributed by atoms with Gasteiger partial charge in [0.05, 0.1) is 16.7 Å². The third-order valence-electron chi connectivity index (χ3n) is 2.37. The molecule has 0 aliphatic heterocycles. The highest BCUT2D eigenvalue weighted by Gasteiger charge is 2.13. The Morgan fingerprint density at radius 2 is 2.27 bits per heavy atom. The molecule has 0 aliphatic carbocycles. The minimum Gasteiger partial charge on any atom is -0.385 e. The van der Waals surface area contributed by atoms with E-state index < -0.39 is 0 Å². The Bertz CT molecular complexity index is 286. The second-order valence-electron chi connectivity index (χ2n) is 4.03. The maximum absolute atomic E-state index is 6.03. The zero-order chi connectivity index (χ0) is 11.3. The first kappa shape index (κ1) is 12.6. The fourth-order valence-electron chi connectivity index (χ4n) is 1.30. The minimum atomic E-state index is 0.0671. The Labute approximate surface area is 95.7 Å². The van der Waals surface area contributed by atoms with Crippen LogP contribution in [0.1, 0.15) is 37.0 Å². The van der Waals surface area contributed by atoms with Crippen LogP contribution in [0.5, 0.6) is 0 Å². The molecule has 0 saturated heterocycles. The molecule has 1 rings (SSSR count). The van der Waals surface area contributed by atoms with Crippen molar-refractivity contribution in [3.63, 3.8) is 0 Å². The first-order chi connectivity index (χ1) is 7.15. The maximum Gasteiger partial charge on any atom is 0.0929 e. The van der Waals surface area contributed by atoms with E-state index in [1.165, 1.54) is 0 Å². The second kappa shape index (κ2) is 6.20. The summed E-state index contributed by atoms with van der Waals surface area (Å²) in [5.74, 6) is 0.443. The van der Waals surface area contributed by atoms with Crippen molar-refractivity contribution in [1.29, 1.82) is 0 Å². The molecule has 1 unspecified atom stereocenters. The molecule has 0 aliphatic rings. The van der Waals surface area contributed by atoms with Crippen LogP contribution in [0.25, 0.3) is 0 Å². The zero-order valence-corrected chi connectivity index (χ0v) is 10.5. The minimum absolute atomic E-state index is 0.0671. The van der Waals surface area contributed by atoms with Gasteiger partial charge in [0.2, 0.25) is 0 Å². The van der Waals surface area contributed by atoms with Gasteiger partial charge >= 0.3 is 0 Å². The van der Waals surface area contributed by atoms with Crippen molar-refractivity contribution in [2.45, 2.75) is 32.7 Å². The van der Waals surface area contributed by atoms with Crippen LogP contribution in [0.15, 0.2) is 5.38 Å². The van der Waals surface area contributed by atoms with Crippen LogP contribution in [0.2, 0.25) is 0 Å². The molecule has 1 heterocycles. The molecule has 0 saturated carbocycles. The van der Waals surface area contributed by atoms with Gasteiger partial charge in [-0.1, -0.05) is 13.8 Å². The lowest BCUT2D eigenvalue weighted by Gasteiger charge is -2.12. The molecule has 4 heteroatoms. The van der Waals surface area contributed by atoms with Gasteiger partial charge in [-0.25, -0.2) is 4.98 Å². The van der Waals surface area contributed by atoms with E-state index in [2.05, 4.69) is 24.2 Å². The number of aryl methyl sites for hydroxylation is 1.